The molecule has 1 aromatic heterocycles. The predicted octanol–water partition coefficient (Wildman–Crippen LogP) is 1.69. The fourth-order valence-electron chi connectivity index (χ4n) is 1.94. The zero-order valence-corrected chi connectivity index (χ0v) is 12.1. The predicted molar refractivity (Wildman–Crippen MR) is 72.9 cm³/mol. The van der Waals surface area contributed by atoms with Crippen molar-refractivity contribution in [3.05, 3.63) is 6.20 Å². The molecule has 0 aromatic carbocycles. The third kappa shape index (κ3) is 5.29. The van der Waals surface area contributed by atoms with Crippen LogP contribution in [0, 0.1) is 5.92 Å². The molecule has 0 aliphatic carbocycles. The van der Waals surface area contributed by atoms with E-state index in [4.69, 9.17) is 4.74 Å². The average molecular weight is 273 g/mol. The van der Waals surface area contributed by atoms with Gasteiger partial charge in [-0.25, -0.2) is 0 Å². The van der Waals surface area contributed by atoms with Crippen molar-refractivity contribution in [3.8, 4) is 5.88 Å². The Bertz CT molecular complexity index is 304. The van der Waals surface area contributed by atoms with Crippen molar-refractivity contribution in [1.82, 2.24) is 14.1 Å². The first kappa shape index (κ1) is 15.3. The van der Waals surface area contributed by atoms with Crippen molar-refractivity contribution in [1.29, 1.82) is 0 Å². The maximum absolute atomic E-state index is 9.79. The monoisotopic (exact) mass is 273 g/mol. The number of ether oxygens (including phenoxy) is 1. The van der Waals surface area contributed by atoms with Crippen LogP contribution >= 0.6 is 11.7 Å². The first-order valence-corrected chi connectivity index (χ1v) is 7.22. The molecular weight excluding hydrogens is 250 g/mol. The van der Waals surface area contributed by atoms with E-state index >= 15 is 0 Å². The fraction of sp³-hybridized carbons (Fsp3) is 0.833. The molecule has 104 valence electrons. The summed E-state index contributed by atoms with van der Waals surface area (Å²) >= 11 is 1.10. The van der Waals surface area contributed by atoms with Crippen molar-refractivity contribution >= 4 is 11.7 Å². The highest BCUT2D eigenvalue weighted by molar-refractivity contribution is 6.99. The van der Waals surface area contributed by atoms with Gasteiger partial charge in [0.15, 0.2) is 0 Å². The third-order valence-corrected chi connectivity index (χ3v) is 3.66. The van der Waals surface area contributed by atoms with Crippen molar-refractivity contribution in [3.63, 3.8) is 0 Å². The first-order chi connectivity index (χ1) is 8.67. The van der Waals surface area contributed by atoms with E-state index in [2.05, 4.69) is 34.8 Å². The van der Waals surface area contributed by atoms with E-state index in [0.29, 0.717) is 24.4 Å². The van der Waals surface area contributed by atoms with Crippen LogP contribution in [0.1, 0.15) is 33.6 Å². The van der Waals surface area contributed by atoms with Gasteiger partial charge in [0.25, 0.3) is 0 Å². The molecule has 0 saturated carbocycles. The molecule has 0 bridgehead atoms. The van der Waals surface area contributed by atoms with E-state index in [-0.39, 0.29) is 6.61 Å². The summed E-state index contributed by atoms with van der Waals surface area (Å²) in [4.78, 5) is 0. The van der Waals surface area contributed by atoms with Gasteiger partial charge in [-0.2, -0.15) is 4.37 Å². The number of nitrogens with zero attached hydrogens (tertiary/aromatic N) is 2. The van der Waals surface area contributed by atoms with Gasteiger partial charge in [-0.15, -0.1) is 4.37 Å². The Hall–Kier alpha value is -0.720. The molecule has 6 heteroatoms. The van der Waals surface area contributed by atoms with E-state index < -0.39 is 6.10 Å². The molecule has 0 radical (unpaired) electrons. The summed E-state index contributed by atoms with van der Waals surface area (Å²) in [5.41, 5.74) is 0. The van der Waals surface area contributed by atoms with Crippen LogP contribution in [-0.2, 0) is 0 Å². The Kier molecular flexibility index (Phi) is 7.15. The zero-order chi connectivity index (χ0) is 13.4. The van der Waals surface area contributed by atoms with E-state index in [0.717, 1.165) is 24.6 Å². The normalized spacial score (nSPS) is 14.7. The van der Waals surface area contributed by atoms with Crippen LogP contribution in [0.2, 0.25) is 0 Å². The first-order valence-electron chi connectivity index (χ1n) is 6.49. The molecule has 0 spiro atoms. The average Bonchev–Trinajstić information content (AvgIpc) is 2.88. The molecule has 0 aliphatic rings. The Labute approximate surface area is 113 Å². The highest BCUT2D eigenvalue weighted by atomic mass is 32.1. The van der Waals surface area contributed by atoms with E-state index in [9.17, 15) is 5.11 Å². The van der Waals surface area contributed by atoms with E-state index in [1.165, 1.54) is 0 Å². The summed E-state index contributed by atoms with van der Waals surface area (Å²) in [6.45, 7) is 7.33. The molecule has 2 N–H and O–H groups in total. The van der Waals surface area contributed by atoms with E-state index in [1.54, 1.807) is 6.20 Å². The summed E-state index contributed by atoms with van der Waals surface area (Å²) < 4.78 is 13.0. The molecule has 0 saturated heterocycles. The topological polar surface area (TPSA) is 67.3 Å². The zero-order valence-electron chi connectivity index (χ0n) is 11.3. The number of hydrogen-bond acceptors (Lipinski definition) is 6. The summed E-state index contributed by atoms with van der Waals surface area (Å²) in [6, 6.07) is 0.413. The standard InChI is InChI=1S/C12H23N3O2S/c1-4-10(5-2)9(3)13-6-11(16)8-17-12-7-14-18-15-12/h7,9-11,13,16H,4-6,8H2,1-3H3. The Morgan fingerprint density at radius 2 is 2.17 bits per heavy atom. The molecule has 1 aromatic rings. The minimum Gasteiger partial charge on any atom is -0.473 e. The van der Waals surface area contributed by atoms with Gasteiger partial charge in [-0.3, -0.25) is 0 Å². The number of aromatic nitrogens is 2. The van der Waals surface area contributed by atoms with E-state index in [1.807, 2.05) is 0 Å². The van der Waals surface area contributed by atoms with Crippen LogP contribution in [0.4, 0.5) is 0 Å². The van der Waals surface area contributed by atoms with Crippen LogP contribution in [0.25, 0.3) is 0 Å². The quantitative estimate of drug-likeness (QED) is 0.716. The number of aliphatic hydroxyl groups is 1. The molecule has 5 nitrogen and oxygen atoms in total. The third-order valence-electron chi connectivity index (χ3n) is 3.20. The number of rotatable bonds is 9. The lowest BCUT2D eigenvalue weighted by molar-refractivity contribution is 0.0993. The number of aliphatic hydroxyl groups excluding tert-OH is 1. The second kappa shape index (κ2) is 8.39. The summed E-state index contributed by atoms with van der Waals surface area (Å²) in [5.74, 6) is 1.13. The van der Waals surface area contributed by atoms with Crippen LogP contribution in [0.3, 0.4) is 0 Å². The minimum atomic E-state index is -0.525. The molecule has 1 rings (SSSR count). The Morgan fingerprint density at radius 1 is 1.44 bits per heavy atom. The molecule has 1 heterocycles. The summed E-state index contributed by atoms with van der Waals surface area (Å²) in [5, 5.41) is 13.1. The molecule has 0 amide bonds. The number of nitrogens with one attached hydrogen (secondary N) is 1. The Balaban J connectivity index is 2.18. The molecule has 0 fully saturated rings. The lowest BCUT2D eigenvalue weighted by Crippen LogP contribution is -2.40. The van der Waals surface area contributed by atoms with Gasteiger partial charge in [0.05, 0.1) is 11.7 Å². The molecule has 18 heavy (non-hydrogen) atoms. The van der Waals surface area contributed by atoms with Crippen LogP contribution < -0.4 is 10.1 Å². The smallest absolute Gasteiger partial charge is 0.245 e. The van der Waals surface area contributed by atoms with Crippen LogP contribution in [0.5, 0.6) is 5.88 Å². The maximum Gasteiger partial charge on any atom is 0.245 e. The molecule has 2 unspecified atom stereocenters. The van der Waals surface area contributed by atoms with Crippen molar-refractivity contribution in [2.24, 2.45) is 5.92 Å². The van der Waals surface area contributed by atoms with Crippen molar-refractivity contribution in [2.75, 3.05) is 13.2 Å². The highest BCUT2D eigenvalue weighted by Crippen LogP contribution is 2.12. The second-order valence-corrected chi connectivity index (χ2v) is 5.04. The second-order valence-electron chi connectivity index (χ2n) is 4.48. The lowest BCUT2D eigenvalue weighted by Gasteiger charge is -2.23. The number of hydrogen-bond donors (Lipinski definition) is 2. The van der Waals surface area contributed by atoms with Gasteiger partial charge in [-0.05, 0) is 12.8 Å². The van der Waals surface area contributed by atoms with Gasteiger partial charge in [0.1, 0.15) is 18.9 Å². The van der Waals surface area contributed by atoms with Crippen molar-refractivity contribution < 1.29 is 9.84 Å². The largest absolute Gasteiger partial charge is 0.473 e. The fourth-order valence-corrected chi connectivity index (χ4v) is 2.31. The summed E-state index contributed by atoms with van der Waals surface area (Å²) in [7, 11) is 0. The van der Waals surface area contributed by atoms with Gasteiger partial charge in [0, 0.05) is 12.6 Å². The molecular formula is C12H23N3O2S. The van der Waals surface area contributed by atoms with Crippen LogP contribution in [0.15, 0.2) is 6.20 Å². The Morgan fingerprint density at radius 3 is 2.72 bits per heavy atom. The summed E-state index contributed by atoms with van der Waals surface area (Å²) in [6.07, 6.45) is 3.34. The van der Waals surface area contributed by atoms with Gasteiger partial charge in [0.2, 0.25) is 5.88 Å². The molecule has 0 aliphatic heterocycles. The SMILES string of the molecule is CCC(CC)C(C)NCC(O)COc1cnsn1. The highest BCUT2D eigenvalue weighted by Gasteiger charge is 2.14. The lowest BCUT2D eigenvalue weighted by atomic mass is 9.95. The van der Waals surface area contributed by atoms with Gasteiger partial charge in [-0.1, -0.05) is 26.7 Å². The van der Waals surface area contributed by atoms with Crippen molar-refractivity contribution in [2.45, 2.75) is 45.8 Å². The molecule has 2 atom stereocenters. The van der Waals surface area contributed by atoms with Crippen LogP contribution in [-0.4, -0.2) is 39.2 Å². The van der Waals surface area contributed by atoms with Gasteiger partial charge < -0.3 is 15.2 Å². The van der Waals surface area contributed by atoms with Gasteiger partial charge >= 0.3 is 0 Å². The maximum atomic E-state index is 9.79. The minimum absolute atomic E-state index is 0.244.